The molecule has 1 unspecified atom stereocenters. The summed E-state index contributed by atoms with van der Waals surface area (Å²) in [5.74, 6) is -0.225. The minimum absolute atomic E-state index is 0.225. The fourth-order valence-electron chi connectivity index (χ4n) is 1.29. The summed E-state index contributed by atoms with van der Waals surface area (Å²) < 4.78 is 4.95. The molecular formula is C10H20N4O2. The van der Waals surface area contributed by atoms with E-state index in [-0.39, 0.29) is 12.0 Å². The van der Waals surface area contributed by atoms with Crippen molar-refractivity contribution < 1.29 is 9.53 Å². The predicted molar refractivity (Wildman–Crippen MR) is 62.0 cm³/mol. The van der Waals surface area contributed by atoms with Gasteiger partial charge in [-0.1, -0.05) is 24.9 Å². The maximum Gasteiger partial charge on any atom is 0.323 e. The van der Waals surface area contributed by atoms with Crippen LogP contribution in [0.3, 0.4) is 0 Å². The largest absolute Gasteiger partial charge is 0.465 e. The van der Waals surface area contributed by atoms with Gasteiger partial charge in [-0.3, -0.25) is 4.79 Å². The second-order valence-corrected chi connectivity index (χ2v) is 3.36. The lowest BCUT2D eigenvalue weighted by molar-refractivity contribution is -0.145. The molecule has 0 saturated heterocycles. The van der Waals surface area contributed by atoms with Crippen molar-refractivity contribution in [3.8, 4) is 0 Å². The molecule has 0 amide bonds. The number of esters is 1. The van der Waals surface area contributed by atoms with Gasteiger partial charge in [0.05, 0.1) is 6.61 Å². The molecule has 92 valence electrons. The normalized spacial score (nSPS) is 11.6. The number of azide groups is 1. The smallest absolute Gasteiger partial charge is 0.323 e. The standard InChI is InChI=1S/C10H20N4O2/c1-3-5-6-9(10(15)16-4-2)12-7-8-13-14-11/h9,12H,3-8H2,1-2H3. The lowest BCUT2D eigenvalue weighted by Gasteiger charge is -2.16. The van der Waals surface area contributed by atoms with E-state index in [0.29, 0.717) is 19.7 Å². The molecule has 0 aliphatic carbocycles. The van der Waals surface area contributed by atoms with Crippen LogP contribution in [-0.4, -0.2) is 31.7 Å². The van der Waals surface area contributed by atoms with E-state index in [1.54, 1.807) is 6.92 Å². The number of hydrogen-bond donors (Lipinski definition) is 1. The predicted octanol–water partition coefficient (Wildman–Crippen LogP) is 2.01. The summed E-state index contributed by atoms with van der Waals surface area (Å²) in [5, 5.41) is 6.43. The van der Waals surface area contributed by atoms with E-state index in [1.807, 2.05) is 0 Å². The lowest BCUT2D eigenvalue weighted by atomic mass is 10.1. The summed E-state index contributed by atoms with van der Waals surface area (Å²) in [4.78, 5) is 14.2. The molecule has 16 heavy (non-hydrogen) atoms. The minimum Gasteiger partial charge on any atom is -0.465 e. The quantitative estimate of drug-likeness (QED) is 0.215. The van der Waals surface area contributed by atoms with Crippen molar-refractivity contribution in [3.63, 3.8) is 0 Å². The molecule has 0 aliphatic rings. The number of carbonyl (C=O) groups excluding carboxylic acids is 1. The van der Waals surface area contributed by atoms with Crippen LogP contribution in [0.15, 0.2) is 5.11 Å². The number of ether oxygens (including phenoxy) is 1. The molecule has 0 heterocycles. The Kier molecular flexibility index (Phi) is 9.46. The number of nitrogens with zero attached hydrogens (tertiary/aromatic N) is 3. The van der Waals surface area contributed by atoms with Crippen LogP contribution in [0.2, 0.25) is 0 Å². The fourth-order valence-corrected chi connectivity index (χ4v) is 1.29. The summed E-state index contributed by atoms with van der Waals surface area (Å²) in [7, 11) is 0. The zero-order valence-corrected chi connectivity index (χ0v) is 9.98. The van der Waals surface area contributed by atoms with Crippen molar-refractivity contribution in [2.45, 2.75) is 39.2 Å². The Morgan fingerprint density at radius 2 is 2.31 bits per heavy atom. The summed E-state index contributed by atoms with van der Waals surface area (Å²) in [6.07, 6.45) is 2.76. The monoisotopic (exact) mass is 228 g/mol. The van der Waals surface area contributed by atoms with Gasteiger partial charge in [0, 0.05) is 18.0 Å². The molecule has 0 spiro atoms. The number of nitrogens with one attached hydrogen (secondary N) is 1. The maximum absolute atomic E-state index is 11.5. The Morgan fingerprint density at radius 1 is 1.56 bits per heavy atom. The van der Waals surface area contributed by atoms with E-state index in [1.165, 1.54) is 0 Å². The highest BCUT2D eigenvalue weighted by atomic mass is 16.5. The van der Waals surface area contributed by atoms with Gasteiger partial charge < -0.3 is 10.1 Å². The van der Waals surface area contributed by atoms with Crippen LogP contribution in [0.4, 0.5) is 0 Å². The van der Waals surface area contributed by atoms with Crippen LogP contribution in [0, 0.1) is 0 Å². The molecule has 0 rings (SSSR count). The van der Waals surface area contributed by atoms with Gasteiger partial charge in [0.15, 0.2) is 0 Å². The number of unbranched alkanes of at least 4 members (excludes halogenated alkanes) is 1. The highest BCUT2D eigenvalue weighted by Crippen LogP contribution is 2.02. The van der Waals surface area contributed by atoms with Gasteiger partial charge in [-0.2, -0.15) is 0 Å². The second-order valence-electron chi connectivity index (χ2n) is 3.36. The summed E-state index contributed by atoms with van der Waals surface area (Å²) in [5.41, 5.74) is 8.11. The number of hydrogen-bond acceptors (Lipinski definition) is 4. The molecule has 0 aromatic heterocycles. The van der Waals surface area contributed by atoms with Gasteiger partial charge in [-0.15, -0.1) is 0 Å². The van der Waals surface area contributed by atoms with Crippen LogP contribution in [0.25, 0.3) is 10.4 Å². The van der Waals surface area contributed by atoms with E-state index in [0.717, 1.165) is 19.3 Å². The zero-order valence-electron chi connectivity index (χ0n) is 9.98. The maximum atomic E-state index is 11.5. The first-order chi connectivity index (χ1) is 7.76. The molecule has 6 nitrogen and oxygen atoms in total. The van der Waals surface area contributed by atoms with Gasteiger partial charge in [0.1, 0.15) is 6.04 Å². The molecule has 0 aromatic rings. The first kappa shape index (κ1) is 14.7. The zero-order chi connectivity index (χ0) is 12.2. The van der Waals surface area contributed by atoms with E-state index >= 15 is 0 Å². The van der Waals surface area contributed by atoms with Crippen molar-refractivity contribution in [2.75, 3.05) is 19.7 Å². The average Bonchev–Trinajstić information content (AvgIpc) is 2.28. The van der Waals surface area contributed by atoms with E-state index < -0.39 is 0 Å². The van der Waals surface area contributed by atoms with Gasteiger partial charge >= 0.3 is 5.97 Å². The van der Waals surface area contributed by atoms with E-state index in [4.69, 9.17) is 10.3 Å². The number of carbonyl (C=O) groups is 1. The van der Waals surface area contributed by atoms with E-state index in [2.05, 4.69) is 22.3 Å². The summed E-state index contributed by atoms with van der Waals surface area (Å²) in [6.45, 7) is 5.09. The minimum atomic E-state index is -0.284. The van der Waals surface area contributed by atoms with Crippen molar-refractivity contribution in [1.29, 1.82) is 0 Å². The molecule has 0 aromatic carbocycles. The Labute approximate surface area is 96.0 Å². The fraction of sp³-hybridized carbons (Fsp3) is 0.900. The van der Waals surface area contributed by atoms with Gasteiger partial charge in [-0.25, -0.2) is 0 Å². The SMILES string of the molecule is CCCCC(NCCN=[N+]=[N-])C(=O)OCC. The van der Waals surface area contributed by atoms with Gasteiger partial charge in [-0.05, 0) is 18.9 Å². The van der Waals surface area contributed by atoms with Crippen LogP contribution in [0.5, 0.6) is 0 Å². The highest BCUT2D eigenvalue weighted by Gasteiger charge is 2.17. The Hall–Kier alpha value is -1.26. The van der Waals surface area contributed by atoms with Crippen LogP contribution in [-0.2, 0) is 9.53 Å². The third-order valence-electron chi connectivity index (χ3n) is 2.08. The van der Waals surface area contributed by atoms with Crippen molar-refractivity contribution in [1.82, 2.24) is 5.32 Å². The molecule has 0 saturated carbocycles. The average molecular weight is 228 g/mol. The molecule has 0 fully saturated rings. The summed E-state index contributed by atoms with van der Waals surface area (Å²) in [6, 6.07) is -0.284. The molecule has 1 N–H and O–H groups in total. The number of rotatable bonds is 9. The van der Waals surface area contributed by atoms with Crippen molar-refractivity contribution >= 4 is 5.97 Å². The third-order valence-corrected chi connectivity index (χ3v) is 2.08. The molecule has 0 aliphatic heterocycles. The topological polar surface area (TPSA) is 87.1 Å². The second kappa shape index (κ2) is 10.3. The Bertz CT molecular complexity index is 239. The Morgan fingerprint density at radius 3 is 2.88 bits per heavy atom. The lowest BCUT2D eigenvalue weighted by Crippen LogP contribution is -2.39. The first-order valence-corrected chi connectivity index (χ1v) is 5.67. The molecule has 1 atom stereocenters. The molecular weight excluding hydrogens is 208 g/mol. The van der Waals surface area contributed by atoms with Crippen LogP contribution >= 0.6 is 0 Å². The highest BCUT2D eigenvalue weighted by molar-refractivity contribution is 5.75. The van der Waals surface area contributed by atoms with Gasteiger partial charge in [0.25, 0.3) is 0 Å². The molecule has 0 radical (unpaired) electrons. The first-order valence-electron chi connectivity index (χ1n) is 5.67. The van der Waals surface area contributed by atoms with E-state index in [9.17, 15) is 4.79 Å². The summed E-state index contributed by atoms with van der Waals surface area (Å²) >= 11 is 0. The van der Waals surface area contributed by atoms with Crippen molar-refractivity contribution in [3.05, 3.63) is 10.4 Å². The molecule has 0 bridgehead atoms. The van der Waals surface area contributed by atoms with Crippen LogP contribution < -0.4 is 5.32 Å². The third kappa shape index (κ3) is 7.09. The van der Waals surface area contributed by atoms with Crippen LogP contribution in [0.1, 0.15) is 33.1 Å². The van der Waals surface area contributed by atoms with Gasteiger partial charge in [0.2, 0.25) is 0 Å². The van der Waals surface area contributed by atoms with Crippen molar-refractivity contribution in [2.24, 2.45) is 5.11 Å². The Balaban J connectivity index is 3.98. The molecule has 6 heteroatoms.